The molecule has 0 saturated heterocycles. The largest absolute Gasteiger partial charge is 0.305 e. The fourth-order valence-corrected chi connectivity index (χ4v) is 4.08. The average molecular weight is 411 g/mol. The highest BCUT2D eigenvalue weighted by atomic mass is 32.1. The molecule has 0 fully saturated rings. The average Bonchev–Trinajstić information content (AvgIpc) is 3.41. The number of anilines is 1. The molecule has 4 aromatic heterocycles. The topological polar surface area (TPSA) is 85.6 Å². The van der Waals surface area contributed by atoms with E-state index >= 15 is 0 Å². The highest BCUT2D eigenvalue weighted by molar-refractivity contribution is 7.20. The molecule has 0 unspecified atom stereocenters. The maximum Gasteiger partial charge on any atom is 0.276 e. The van der Waals surface area contributed by atoms with Crippen LogP contribution in [0.4, 0.5) is 5.82 Å². The third-order valence-corrected chi connectivity index (χ3v) is 5.81. The zero-order valence-corrected chi connectivity index (χ0v) is 17.2. The number of carbonyl (C=O) groups excluding carboxylic acids is 1. The van der Waals surface area contributed by atoms with Crippen LogP contribution in [0.5, 0.6) is 0 Å². The highest BCUT2D eigenvalue weighted by Crippen LogP contribution is 2.29. The molecule has 7 nitrogen and oxygen atoms in total. The van der Waals surface area contributed by atoms with Crippen molar-refractivity contribution in [3.8, 4) is 15.8 Å². The summed E-state index contributed by atoms with van der Waals surface area (Å²) in [7, 11) is 0. The summed E-state index contributed by atoms with van der Waals surface area (Å²) in [4.78, 5) is 26.8. The third-order valence-electron chi connectivity index (χ3n) is 3.93. The van der Waals surface area contributed by atoms with E-state index in [9.17, 15) is 4.79 Å². The maximum absolute atomic E-state index is 12.8. The van der Waals surface area contributed by atoms with Gasteiger partial charge in [0.2, 0.25) is 0 Å². The first-order chi connectivity index (χ1) is 13.4. The van der Waals surface area contributed by atoms with Crippen molar-refractivity contribution in [2.75, 3.05) is 5.32 Å². The van der Waals surface area contributed by atoms with E-state index in [0.717, 1.165) is 15.6 Å². The lowest BCUT2D eigenvalue weighted by atomic mass is 9.92. The number of amides is 1. The Balaban J connectivity index is 1.65. The van der Waals surface area contributed by atoms with E-state index in [1.54, 1.807) is 39.9 Å². The van der Waals surface area contributed by atoms with Crippen LogP contribution in [0.15, 0.2) is 47.4 Å². The normalized spacial score (nSPS) is 11.5. The van der Waals surface area contributed by atoms with Crippen molar-refractivity contribution in [1.29, 1.82) is 0 Å². The van der Waals surface area contributed by atoms with Crippen LogP contribution in [-0.2, 0) is 5.41 Å². The molecular formula is C19H18N6OS2. The first kappa shape index (κ1) is 18.5. The minimum Gasteiger partial charge on any atom is -0.305 e. The molecule has 0 spiro atoms. The van der Waals surface area contributed by atoms with Gasteiger partial charge in [0.25, 0.3) is 11.9 Å². The summed E-state index contributed by atoms with van der Waals surface area (Å²) in [6.07, 6.45) is 3.28. The van der Waals surface area contributed by atoms with Crippen LogP contribution in [0, 0.1) is 0 Å². The Labute approximate surface area is 170 Å². The van der Waals surface area contributed by atoms with Gasteiger partial charge in [-0.25, -0.2) is 15.0 Å². The van der Waals surface area contributed by atoms with E-state index in [4.69, 9.17) is 0 Å². The summed E-state index contributed by atoms with van der Waals surface area (Å²) in [6, 6.07) is 7.54. The van der Waals surface area contributed by atoms with Crippen LogP contribution in [0.2, 0.25) is 0 Å². The Morgan fingerprint density at radius 2 is 1.93 bits per heavy atom. The van der Waals surface area contributed by atoms with Gasteiger partial charge in [-0.2, -0.15) is 9.78 Å². The first-order valence-corrected chi connectivity index (χ1v) is 10.4. The van der Waals surface area contributed by atoms with E-state index in [1.807, 2.05) is 23.6 Å². The van der Waals surface area contributed by atoms with Crippen LogP contribution in [-0.4, -0.2) is 30.6 Å². The van der Waals surface area contributed by atoms with E-state index in [-0.39, 0.29) is 11.3 Å². The molecule has 0 bridgehead atoms. The fraction of sp³-hybridized carbons (Fsp3) is 0.211. The maximum atomic E-state index is 12.8. The van der Waals surface area contributed by atoms with Gasteiger partial charge in [-0.3, -0.25) is 4.79 Å². The van der Waals surface area contributed by atoms with E-state index < -0.39 is 0 Å². The van der Waals surface area contributed by atoms with Gasteiger partial charge < -0.3 is 5.32 Å². The van der Waals surface area contributed by atoms with Crippen molar-refractivity contribution >= 4 is 34.4 Å². The van der Waals surface area contributed by atoms with E-state index in [2.05, 4.69) is 46.1 Å². The predicted octanol–water partition coefficient (Wildman–Crippen LogP) is 4.40. The Morgan fingerprint density at radius 3 is 2.61 bits per heavy atom. The Hall–Kier alpha value is -2.91. The van der Waals surface area contributed by atoms with Crippen LogP contribution >= 0.6 is 22.7 Å². The molecule has 0 radical (unpaired) electrons. The number of aromatic nitrogens is 5. The number of thiophene rings is 1. The van der Waals surface area contributed by atoms with Gasteiger partial charge in [-0.15, -0.1) is 22.7 Å². The molecule has 0 aliphatic rings. The lowest BCUT2D eigenvalue weighted by Gasteiger charge is -2.13. The molecule has 0 aliphatic carbocycles. The van der Waals surface area contributed by atoms with E-state index in [0.29, 0.717) is 17.5 Å². The zero-order valence-electron chi connectivity index (χ0n) is 15.6. The lowest BCUT2D eigenvalue weighted by molar-refractivity contribution is 0.102. The van der Waals surface area contributed by atoms with Crippen LogP contribution in [0.3, 0.4) is 0 Å². The zero-order chi connectivity index (χ0) is 19.7. The SMILES string of the molecule is CC(C)(C)c1cc(NC(=O)c2csc(-c3cccs3)n2)n(-c2ncccn2)n1. The summed E-state index contributed by atoms with van der Waals surface area (Å²) in [6.45, 7) is 6.18. The minimum atomic E-state index is -0.295. The van der Waals surface area contributed by atoms with Crippen molar-refractivity contribution in [3.63, 3.8) is 0 Å². The summed E-state index contributed by atoms with van der Waals surface area (Å²) in [5.74, 6) is 0.606. The van der Waals surface area contributed by atoms with Gasteiger partial charge in [-0.1, -0.05) is 26.8 Å². The number of carbonyl (C=O) groups is 1. The molecule has 4 aromatic rings. The van der Waals surface area contributed by atoms with Gasteiger partial charge in [0.15, 0.2) is 0 Å². The van der Waals surface area contributed by atoms with Crippen molar-refractivity contribution < 1.29 is 4.79 Å². The molecule has 0 saturated carbocycles. The molecule has 4 heterocycles. The number of thiazole rings is 1. The number of nitrogens with one attached hydrogen (secondary N) is 1. The molecule has 1 N–H and O–H groups in total. The van der Waals surface area contributed by atoms with Crippen molar-refractivity contribution in [2.45, 2.75) is 26.2 Å². The summed E-state index contributed by atoms with van der Waals surface area (Å²) >= 11 is 3.04. The van der Waals surface area contributed by atoms with Crippen molar-refractivity contribution in [2.24, 2.45) is 0 Å². The van der Waals surface area contributed by atoms with Crippen LogP contribution in [0.1, 0.15) is 37.0 Å². The second-order valence-corrected chi connectivity index (χ2v) is 8.90. The molecule has 142 valence electrons. The van der Waals surface area contributed by atoms with Gasteiger partial charge in [0.1, 0.15) is 16.5 Å². The van der Waals surface area contributed by atoms with E-state index in [1.165, 1.54) is 11.3 Å². The number of nitrogens with zero attached hydrogens (tertiary/aromatic N) is 5. The predicted molar refractivity (Wildman–Crippen MR) is 111 cm³/mol. The summed E-state index contributed by atoms with van der Waals surface area (Å²) in [5.41, 5.74) is 1.01. The second kappa shape index (κ2) is 7.25. The lowest BCUT2D eigenvalue weighted by Crippen LogP contribution is -2.16. The standard InChI is InChI=1S/C19H18N6OS2/c1-19(2,3)14-10-15(25(24-14)18-20-7-5-8-21-18)23-16(26)12-11-28-17(22-12)13-6-4-9-27-13/h4-11H,1-3H3,(H,23,26). The van der Waals surface area contributed by atoms with Gasteiger partial charge in [0, 0.05) is 29.3 Å². The molecule has 0 aliphatic heterocycles. The fourth-order valence-electron chi connectivity index (χ4n) is 2.46. The third kappa shape index (κ3) is 3.71. The van der Waals surface area contributed by atoms with Gasteiger partial charge in [-0.05, 0) is 17.5 Å². The smallest absolute Gasteiger partial charge is 0.276 e. The van der Waals surface area contributed by atoms with Gasteiger partial charge in [0.05, 0.1) is 10.6 Å². The first-order valence-electron chi connectivity index (χ1n) is 8.60. The number of hydrogen-bond donors (Lipinski definition) is 1. The number of rotatable bonds is 4. The Bertz CT molecular complexity index is 1090. The monoisotopic (exact) mass is 410 g/mol. The Morgan fingerprint density at radius 1 is 1.14 bits per heavy atom. The Kier molecular flexibility index (Phi) is 4.78. The molecule has 1 amide bonds. The summed E-state index contributed by atoms with van der Waals surface area (Å²) in [5, 5.41) is 12.1. The molecule has 28 heavy (non-hydrogen) atoms. The molecule has 4 rings (SSSR count). The van der Waals surface area contributed by atoms with Crippen LogP contribution < -0.4 is 5.32 Å². The van der Waals surface area contributed by atoms with Crippen molar-refractivity contribution in [1.82, 2.24) is 24.7 Å². The minimum absolute atomic E-state index is 0.188. The molecule has 0 atom stereocenters. The summed E-state index contributed by atoms with van der Waals surface area (Å²) < 4.78 is 1.55. The molecular weight excluding hydrogens is 392 g/mol. The highest BCUT2D eigenvalue weighted by Gasteiger charge is 2.23. The van der Waals surface area contributed by atoms with Crippen molar-refractivity contribution in [3.05, 3.63) is 58.8 Å². The molecule has 0 aromatic carbocycles. The van der Waals surface area contributed by atoms with Gasteiger partial charge >= 0.3 is 0 Å². The second-order valence-electron chi connectivity index (χ2n) is 7.09. The number of hydrogen-bond acceptors (Lipinski definition) is 7. The quantitative estimate of drug-likeness (QED) is 0.539. The van der Waals surface area contributed by atoms with Crippen LogP contribution in [0.25, 0.3) is 15.8 Å². The molecule has 9 heteroatoms.